The first kappa shape index (κ1) is 15.8. The van der Waals surface area contributed by atoms with Gasteiger partial charge >= 0.3 is 0 Å². The van der Waals surface area contributed by atoms with Gasteiger partial charge in [-0.3, -0.25) is 4.79 Å². The molecule has 4 heteroatoms. The highest BCUT2D eigenvalue weighted by Gasteiger charge is 2.15. The Hall–Kier alpha value is -1.22. The molecule has 0 N–H and O–H groups in total. The summed E-state index contributed by atoms with van der Waals surface area (Å²) in [5, 5.41) is 0. The van der Waals surface area contributed by atoms with Gasteiger partial charge in [0.25, 0.3) is 0 Å². The van der Waals surface area contributed by atoms with Crippen molar-refractivity contribution >= 4 is 17.5 Å². The number of likely N-dealkylation sites (N-methyl/N-ethyl adjacent to an activating group) is 1. The van der Waals surface area contributed by atoms with Crippen molar-refractivity contribution in [1.29, 1.82) is 0 Å². The number of hydrogen-bond donors (Lipinski definition) is 0. The summed E-state index contributed by atoms with van der Waals surface area (Å²) in [5.41, 5.74) is 2.35. The van der Waals surface area contributed by atoms with Crippen molar-refractivity contribution in [2.24, 2.45) is 5.92 Å². The predicted octanol–water partition coefficient (Wildman–Crippen LogP) is 3.02. The molecule has 0 fully saturated rings. The molecule has 1 atom stereocenters. The van der Waals surface area contributed by atoms with Crippen LogP contribution in [0.4, 0.5) is 0 Å². The Labute approximate surface area is 120 Å². The Balaban J connectivity index is 2.43. The highest BCUT2D eigenvalue weighted by atomic mass is 35.5. The van der Waals surface area contributed by atoms with E-state index in [2.05, 4.69) is 6.07 Å². The summed E-state index contributed by atoms with van der Waals surface area (Å²) in [4.78, 5) is 13.5. The number of hydrogen-bond acceptors (Lipinski definition) is 2. The third-order valence-electron chi connectivity index (χ3n) is 2.92. The minimum atomic E-state index is -0.145. The Morgan fingerprint density at radius 3 is 2.42 bits per heavy atom. The van der Waals surface area contributed by atoms with Gasteiger partial charge in [-0.05, 0) is 37.1 Å². The molecular formula is C15H22ClNO2. The molecule has 1 amide bonds. The largest absolute Gasteiger partial charge is 0.492 e. The third kappa shape index (κ3) is 5.11. The van der Waals surface area contributed by atoms with E-state index >= 15 is 0 Å². The Morgan fingerprint density at radius 2 is 1.89 bits per heavy atom. The summed E-state index contributed by atoms with van der Waals surface area (Å²) in [6, 6.07) is 6.09. The van der Waals surface area contributed by atoms with Crippen molar-refractivity contribution < 1.29 is 9.53 Å². The van der Waals surface area contributed by atoms with E-state index in [9.17, 15) is 4.79 Å². The lowest BCUT2D eigenvalue weighted by molar-refractivity contribution is -0.133. The predicted molar refractivity (Wildman–Crippen MR) is 78.9 cm³/mol. The molecule has 3 nitrogen and oxygen atoms in total. The van der Waals surface area contributed by atoms with Gasteiger partial charge in [0.2, 0.25) is 5.91 Å². The number of amides is 1. The number of rotatable bonds is 6. The molecule has 0 bridgehead atoms. The lowest BCUT2D eigenvalue weighted by atomic mass is 10.1. The van der Waals surface area contributed by atoms with Gasteiger partial charge in [-0.25, -0.2) is 0 Å². The van der Waals surface area contributed by atoms with Crippen molar-refractivity contribution in [3.05, 3.63) is 29.3 Å². The monoisotopic (exact) mass is 283 g/mol. The number of alkyl halides is 1. The number of carbonyl (C=O) groups is 1. The van der Waals surface area contributed by atoms with Gasteiger partial charge < -0.3 is 9.64 Å². The second-order valence-corrected chi connectivity index (χ2v) is 5.30. The molecule has 0 heterocycles. The summed E-state index contributed by atoms with van der Waals surface area (Å²) < 4.78 is 5.67. The van der Waals surface area contributed by atoms with E-state index in [-0.39, 0.29) is 11.8 Å². The molecule has 0 aliphatic carbocycles. The van der Waals surface area contributed by atoms with Crippen LogP contribution in [0.2, 0.25) is 0 Å². The zero-order chi connectivity index (χ0) is 14.4. The van der Waals surface area contributed by atoms with E-state index in [0.29, 0.717) is 19.0 Å². The molecule has 0 radical (unpaired) electrons. The number of halogens is 1. The molecule has 0 spiro atoms. The molecule has 0 aliphatic heterocycles. The van der Waals surface area contributed by atoms with Gasteiger partial charge in [0.05, 0.1) is 6.54 Å². The highest BCUT2D eigenvalue weighted by molar-refractivity contribution is 6.19. The SMILES string of the molecule is Cc1cc(C)cc(OCCN(C)C(=O)C(C)CCl)c1. The summed E-state index contributed by atoms with van der Waals surface area (Å²) in [6.07, 6.45) is 0. The Bertz CT molecular complexity index is 414. The number of nitrogens with zero attached hydrogens (tertiary/aromatic N) is 1. The first-order valence-corrected chi connectivity index (χ1v) is 6.99. The van der Waals surface area contributed by atoms with Crippen molar-refractivity contribution in [2.75, 3.05) is 26.1 Å². The standard InChI is InChI=1S/C15H22ClNO2/c1-11-7-12(2)9-14(8-11)19-6-5-17(4)15(18)13(3)10-16/h7-9,13H,5-6,10H2,1-4H3. The molecule has 0 aliphatic rings. The quantitative estimate of drug-likeness (QED) is 0.751. The second-order valence-electron chi connectivity index (χ2n) is 4.99. The Kier molecular flexibility index (Phi) is 6.16. The van der Waals surface area contributed by atoms with Crippen LogP contribution >= 0.6 is 11.6 Å². The average Bonchev–Trinajstić information content (AvgIpc) is 2.35. The zero-order valence-corrected chi connectivity index (χ0v) is 12.8. The fraction of sp³-hybridized carbons (Fsp3) is 0.533. The maximum Gasteiger partial charge on any atom is 0.226 e. The molecule has 19 heavy (non-hydrogen) atoms. The van der Waals surface area contributed by atoms with Gasteiger partial charge in [0, 0.05) is 18.8 Å². The van der Waals surface area contributed by atoms with Gasteiger partial charge in [0.1, 0.15) is 12.4 Å². The molecule has 1 unspecified atom stereocenters. The van der Waals surface area contributed by atoms with Crippen LogP contribution < -0.4 is 4.74 Å². The normalized spacial score (nSPS) is 12.1. The molecule has 0 aromatic heterocycles. The summed E-state index contributed by atoms with van der Waals surface area (Å²) in [7, 11) is 1.77. The lowest BCUT2D eigenvalue weighted by Gasteiger charge is -2.20. The van der Waals surface area contributed by atoms with Gasteiger partial charge in [-0.1, -0.05) is 13.0 Å². The van der Waals surface area contributed by atoms with E-state index in [1.165, 1.54) is 11.1 Å². The minimum Gasteiger partial charge on any atom is -0.492 e. The van der Waals surface area contributed by atoms with E-state index in [4.69, 9.17) is 16.3 Å². The molecule has 1 aromatic rings. The Morgan fingerprint density at radius 1 is 1.32 bits per heavy atom. The number of ether oxygens (including phenoxy) is 1. The van der Waals surface area contributed by atoms with Crippen molar-refractivity contribution in [3.8, 4) is 5.75 Å². The van der Waals surface area contributed by atoms with Crippen LogP contribution in [0.3, 0.4) is 0 Å². The molecular weight excluding hydrogens is 262 g/mol. The van der Waals surface area contributed by atoms with E-state index in [0.717, 1.165) is 5.75 Å². The van der Waals surface area contributed by atoms with Crippen LogP contribution in [-0.4, -0.2) is 36.9 Å². The maximum atomic E-state index is 11.8. The third-order valence-corrected chi connectivity index (χ3v) is 3.38. The van der Waals surface area contributed by atoms with Crippen LogP contribution in [0.15, 0.2) is 18.2 Å². The van der Waals surface area contributed by atoms with Crippen molar-refractivity contribution in [3.63, 3.8) is 0 Å². The topological polar surface area (TPSA) is 29.5 Å². The first-order valence-electron chi connectivity index (χ1n) is 6.46. The van der Waals surface area contributed by atoms with Crippen LogP contribution in [0, 0.1) is 19.8 Å². The van der Waals surface area contributed by atoms with E-state index in [1.54, 1.807) is 11.9 Å². The number of aryl methyl sites for hydroxylation is 2. The molecule has 1 rings (SSSR count). The highest BCUT2D eigenvalue weighted by Crippen LogP contribution is 2.16. The second kappa shape index (κ2) is 7.39. The molecule has 0 saturated heterocycles. The summed E-state index contributed by atoms with van der Waals surface area (Å²) in [6.45, 7) is 6.96. The zero-order valence-electron chi connectivity index (χ0n) is 12.1. The number of benzene rings is 1. The van der Waals surface area contributed by atoms with Crippen LogP contribution in [-0.2, 0) is 4.79 Å². The van der Waals surface area contributed by atoms with Crippen LogP contribution in [0.5, 0.6) is 5.75 Å². The van der Waals surface area contributed by atoms with Gasteiger partial charge in [-0.15, -0.1) is 11.6 Å². The summed E-state index contributed by atoms with van der Waals surface area (Å²) >= 11 is 5.68. The minimum absolute atomic E-state index is 0.0547. The van der Waals surface area contributed by atoms with Gasteiger partial charge in [-0.2, -0.15) is 0 Å². The fourth-order valence-corrected chi connectivity index (χ4v) is 2.00. The van der Waals surface area contributed by atoms with Crippen LogP contribution in [0.25, 0.3) is 0 Å². The summed E-state index contributed by atoms with van der Waals surface area (Å²) in [5.74, 6) is 1.11. The van der Waals surface area contributed by atoms with Crippen LogP contribution in [0.1, 0.15) is 18.1 Å². The maximum absolute atomic E-state index is 11.8. The van der Waals surface area contributed by atoms with E-state index < -0.39 is 0 Å². The van der Waals surface area contributed by atoms with Crippen molar-refractivity contribution in [2.45, 2.75) is 20.8 Å². The first-order chi connectivity index (χ1) is 8.93. The fourth-order valence-electron chi connectivity index (χ4n) is 1.87. The average molecular weight is 284 g/mol. The molecule has 0 saturated carbocycles. The van der Waals surface area contributed by atoms with E-state index in [1.807, 2.05) is 32.9 Å². The molecule has 1 aromatic carbocycles. The van der Waals surface area contributed by atoms with Gasteiger partial charge in [0.15, 0.2) is 0 Å². The van der Waals surface area contributed by atoms with Crippen molar-refractivity contribution in [1.82, 2.24) is 4.90 Å². The molecule has 106 valence electrons. The smallest absolute Gasteiger partial charge is 0.226 e. The number of carbonyl (C=O) groups excluding carboxylic acids is 1. The lowest BCUT2D eigenvalue weighted by Crippen LogP contribution is -2.35.